The fourth-order valence-electron chi connectivity index (χ4n) is 1.80. The molecule has 3 heteroatoms. The van der Waals surface area contributed by atoms with Crippen molar-refractivity contribution in [2.24, 2.45) is 5.41 Å². The van der Waals surface area contributed by atoms with E-state index in [1.54, 1.807) is 0 Å². The van der Waals surface area contributed by atoms with E-state index in [4.69, 9.17) is 9.47 Å². The van der Waals surface area contributed by atoms with Crippen molar-refractivity contribution in [3.63, 3.8) is 0 Å². The maximum atomic E-state index is 10.7. The van der Waals surface area contributed by atoms with E-state index in [0.717, 1.165) is 51.6 Å². The Morgan fingerprint density at radius 1 is 1.38 bits per heavy atom. The van der Waals surface area contributed by atoms with Crippen LogP contribution in [0.5, 0.6) is 0 Å². The van der Waals surface area contributed by atoms with Gasteiger partial charge in [-0.05, 0) is 32.1 Å². The predicted octanol–water partition coefficient (Wildman–Crippen LogP) is 2.93. The molecule has 1 aliphatic rings. The molecular formula is C13H24O3. The molecule has 3 nitrogen and oxygen atoms in total. The first-order valence-corrected chi connectivity index (χ1v) is 6.33. The quantitative estimate of drug-likeness (QED) is 0.496. The third-order valence-corrected chi connectivity index (χ3v) is 2.98. The first-order chi connectivity index (χ1) is 7.64. The third kappa shape index (κ3) is 5.61. The van der Waals surface area contributed by atoms with Crippen LogP contribution in [0.25, 0.3) is 0 Å². The Labute approximate surface area is 98.5 Å². The lowest BCUT2D eigenvalue weighted by atomic mass is 9.89. The smallest absolute Gasteiger partial charge is 0.157 e. The van der Waals surface area contributed by atoms with E-state index in [0.29, 0.717) is 0 Å². The number of carbonyl (C=O) groups is 1. The Balaban J connectivity index is 1.97. The molecule has 1 unspecified atom stereocenters. The molecule has 0 amide bonds. The normalized spacial score (nSPS) is 22.0. The van der Waals surface area contributed by atoms with Crippen molar-refractivity contribution in [2.45, 2.75) is 58.7 Å². The molecule has 0 radical (unpaired) electrons. The molecule has 1 fully saturated rings. The first-order valence-electron chi connectivity index (χ1n) is 6.33. The highest BCUT2D eigenvalue weighted by atomic mass is 16.7. The highest BCUT2D eigenvalue weighted by molar-refractivity contribution is 5.57. The molecule has 0 aromatic rings. The molecule has 1 saturated heterocycles. The largest absolute Gasteiger partial charge is 0.353 e. The van der Waals surface area contributed by atoms with E-state index in [9.17, 15) is 4.79 Å². The third-order valence-electron chi connectivity index (χ3n) is 2.98. The minimum Gasteiger partial charge on any atom is -0.353 e. The van der Waals surface area contributed by atoms with Crippen LogP contribution in [0.2, 0.25) is 0 Å². The van der Waals surface area contributed by atoms with Gasteiger partial charge in [-0.2, -0.15) is 0 Å². The second-order valence-corrected chi connectivity index (χ2v) is 5.23. The van der Waals surface area contributed by atoms with Crippen molar-refractivity contribution < 1.29 is 14.3 Å². The van der Waals surface area contributed by atoms with Gasteiger partial charge in [-0.3, -0.25) is 0 Å². The van der Waals surface area contributed by atoms with Crippen LogP contribution in [-0.4, -0.2) is 25.8 Å². The molecule has 1 atom stereocenters. The number of carbonyl (C=O) groups excluding carboxylic acids is 1. The summed E-state index contributed by atoms with van der Waals surface area (Å²) in [6, 6.07) is 0. The van der Waals surface area contributed by atoms with Crippen molar-refractivity contribution in [1.29, 1.82) is 0 Å². The van der Waals surface area contributed by atoms with Gasteiger partial charge in [0, 0.05) is 18.6 Å². The van der Waals surface area contributed by atoms with Crippen LogP contribution in [0.4, 0.5) is 0 Å². The molecule has 0 spiro atoms. The fraction of sp³-hybridized carbons (Fsp3) is 0.923. The fourth-order valence-corrected chi connectivity index (χ4v) is 1.80. The maximum Gasteiger partial charge on any atom is 0.157 e. The Bertz CT molecular complexity index is 195. The van der Waals surface area contributed by atoms with Crippen molar-refractivity contribution in [3.05, 3.63) is 0 Å². The van der Waals surface area contributed by atoms with Crippen molar-refractivity contribution in [1.82, 2.24) is 0 Å². The number of ether oxygens (including phenoxy) is 2. The number of hydrogen-bond acceptors (Lipinski definition) is 3. The van der Waals surface area contributed by atoms with Crippen molar-refractivity contribution in [3.8, 4) is 0 Å². The van der Waals surface area contributed by atoms with Crippen LogP contribution < -0.4 is 0 Å². The lowest BCUT2D eigenvalue weighted by molar-refractivity contribution is -0.163. The monoisotopic (exact) mass is 228 g/mol. The average molecular weight is 228 g/mol. The molecule has 0 aliphatic carbocycles. The Hall–Kier alpha value is -0.410. The minimum atomic E-state index is -0.179. The highest BCUT2D eigenvalue weighted by Crippen LogP contribution is 2.20. The number of unbranched alkanes of at least 4 members (excludes halogenated alkanes) is 1. The summed E-state index contributed by atoms with van der Waals surface area (Å²) in [7, 11) is 0. The van der Waals surface area contributed by atoms with Crippen LogP contribution in [0.1, 0.15) is 52.4 Å². The van der Waals surface area contributed by atoms with Gasteiger partial charge in [0.05, 0.1) is 0 Å². The minimum absolute atomic E-state index is 0.0211. The summed E-state index contributed by atoms with van der Waals surface area (Å²) in [5.74, 6) is 0. The zero-order valence-electron chi connectivity index (χ0n) is 10.5. The summed E-state index contributed by atoms with van der Waals surface area (Å²) in [4.78, 5) is 10.7. The molecular weight excluding hydrogens is 204 g/mol. The lowest BCUT2D eigenvalue weighted by Gasteiger charge is -2.23. The SMILES string of the molecule is CC(C)(C=O)CCCCOC1CCCCO1. The predicted molar refractivity (Wildman–Crippen MR) is 63.2 cm³/mol. The van der Waals surface area contributed by atoms with Crippen LogP contribution >= 0.6 is 0 Å². The Morgan fingerprint density at radius 2 is 2.19 bits per heavy atom. The van der Waals surface area contributed by atoms with Gasteiger partial charge in [0.2, 0.25) is 0 Å². The lowest BCUT2D eigenvalue weighted by Crippen LogP contribution is -2.22. The highest BCUT2D eigenvalue weighted by Gasteiger charge is 2.16. The summed E-state index contributed by atoms with van der Waals surface area (Å²) in [6.45, 7) is 5.54. The van der Waals surface area contributed by atoms with E-state index in [1.165, 1.54) is 6.42 Å². The average Bonchev–Trinajstić information content (AvgIpc) is 2.30. The van der Waals surface area contributed by atoms with E-state index < -0.39 is 0 Å². The van der Waals surface area contributed by atoms with E-state index in [2.05, 4.69) is 0 Å². The number of rotatable bonds is 7. The second-order valence-electron chi connectivity index (χ2n) is 5.23. The Kier molecular flexibility index (Phi) is 5.99. The van der Waals surface area contributed by atoms with Crippen molar-refractivity contribution in [2.75, 3.05) is 13.2 Å². The zero-order chi connectivity index (χ0) is 11.9. The topological polar surface area (TPSA) is 35.5 Å². The molecule has 1 heterocycles. The molecule has 1 aliphatic heterocycles. The van der Waals surface area contributed by atoms with Gasteiger partial charge in [-0.1, -0.05) is 20.3 Å². The molecule has 0 aromatic carbocycles. The number of aldehydes is 1. The first kappa shape index (κ1) is 13.7. The van der Waals surface area contributed by atoms with Crippen molar-refractivity contribution >= 4 is 6.29 Å². The van der Waals surface area contributed by atoms with Gasteiger partial charge >= 0.3 is 0 Å². The van der Waals surface area contributed by atoms with E-state index in [1.807, 2.05) is 13.8 Å². The summed E-state index contributed by atoms with van der Waals surface area (Å²) in [5, 5.41) is 0. The van der Waals surface area contributed by atoms with Crippen LogP contribution in [0.3, 0.4) is 0 Å². The standard InChI is InChI=1S/C13H24O3/c1-13(2,11-14)8-4-6-10-16-12-7-3-5-9-15-12/h11-12H,3-10H2,1-2H3. The number of hydrogen-bond donors (Lipinski definition) is 0. The van der Waals surface area contributed by atoms with Gasteiger partial charge in [-0.25, -0.2) is 0 Å². The molecule has 16 heavy (non-hydrogen) atoms. The van der Waals surface area contributed by atoms with Gasteiger partial charge in [0.15, 0.2) is 6.29 Å². The summed E-state index contributed by atoms with van der Waals surface area (Å²) in [6.07, 6.45) is 7.45. The molecule has 0 aromatic heterocycles. The van der Waals surface area contributed by atoms with Crippen LogP contribution in [0.15, 0.2) is 0 Å². The molecule has 1 rings (SSSR count). The van der Waals surface area contributed by atoms with Gasteiger partial charge < -0.3 is 14.3 Å². The van der Waals surface area contributed by atoms with Gasteiger partial charge in [-0.15, -0.1) is 0 Å². The molecule has 0 saturated carbocycles. The molecule has 0 bridgehead atoms. The molecule has 0 N–H and O–H groups in total. The van der Waals surface area contributed by atoms with E-state index >= 15 is 0 Å². The summed E-state index contributed by atoms with van der Waals surface area (Å²) >= 11 is 0. The van der Waals surface area contributed by atoms with Crippen LogP contribution in [0, 0.1) is 5.41 Å². The van der Waals surface area contributed by atoms with Gasteiger partial charge in [0.25, 0.3) is 0 Å². The van der Waals surface area contributed by atoms with Crippen LogP contribution in [-0.2, 0) is 14.3 Å². The summed E-state index contributed by atoms with van der Waals surface area (Å²) < 4.78 is 11.1. The zero-order valence-corrected chi connectivity index (χ0v) is 10.5. The Morgan fingerprint density at radius 3 is 2.81 bits per heavy atom. The maximum absolute atomic E-state index is 10.7. The second kappa shape index (κ2) is 7.02. The van der Waals surface area contributed by atoms with Gasteiger partial charge in [0.1, 0.15) is 6.29 Å². The summed E-state index contributed by atoms with van der Waals surface area (Å²) in [5.41, 5.74) is -0.179. The molecule has 94 valence electrons. The van der Waals surface area contributed by atoms with E-state index in [-0.39, 0.29) is 11.7 Å².